The standard InChI is InChI=1S/C12H17N3O4/c16-9-3-1-2-7(4-9)10(17)13-5-8-6-14-12(19)15-11(8)18/h6-7,9,16H,1-5H2,(H,13,17)(H2,14,15,18,19)/t7-,9+/m0/s1. The average Bonchev–Trinajstić information content (AvgIpc) is 2.37. The van der Waals surface area contributed by atoms with Crippen LogP contribution in [-0.2, 0) is 11.3 Å². The molecular weight excluding hydrogens is 250 g/mol. The number of aromatic nitrogens is 2. The molecule has 4 N–H and O–H groups in total. The Morgan fingerprint density at radius 3 is 2.89 bits per heavy atom. The van der Waals surface area contributed by atoms with Crippen LogP contribution in [0, 0.1) is 5.92 Å². The Morgan fingerprint density at radius 2 is 2.21 bits per heavy atom. The summed E-state index contributed by atoms with van der Waals surface area (Å²) in [4.78, 5) is 38.6. The number of carbonyl (C=O) groups is 1. The molecule has 1 saturated carbocycles. The van der Waals surface area contributed by atoms with Gasteiger partial charge < -0.3 is 15.4 Å². The van der Waals surface area contributed by atoms with E-state index in [0.717, 1.165) is 19.3 Å². The van der Waals surface area contributed by atoms with Crippen molar-refractivity contribution in [2.24, 2.45) is 5.92 Å². The third-order valence-corrected chi connectivity index (χ3v) is 3.37. The second kappa shape index (κ2) is 5.83. The molecule has 7 heteroatoms. The minimum absolute atomic E-state index is 0.0670. The quantitative estimate of drug-likeness (QED) is 0.575. The molecule has 0 unspecified atom stereocenters. The molecule has 104 valence electrons. The Labute approximate surface area is 109 Å². The van der Waals surface area contributed by atoms with E-state index in [0.29, 0.717) is 12.0 Å². The van der Waals surface area contributed by atoms with Crippen LogP contribution in [0.15, 0.2) is 15.8 Å². The molecule has 0 bridgehead atoms. The molecular formula is C12H17N3O4. The predicted octanol–water partition coefficient (Wildman–Crippen LogP) is -0.769. The molecule has 1 fully saturated rings. The fourth-order valence-electron chi connectivity index (χ4n) is 2.30. The first-order chi connectivity index (χ1) is 9.06. The number of hydrogen-bond donors (Lipinski definition) is 4. The SMILES string of the molecule is O=C(NCc1c[nH]c(=O)[nH]c1=O)[C@H]1CCC[C@@H](O)C1. The van der Waals surface area contributed by atoms with Crippen LogP contribution < -0.4 is 16.6 Å². The van der Waals surface area contributed by atoms with Crippen molar-refractivity contribution in [3.05, 3.63) is 32.6 Å². The lowest BCUT2D eigenvalue weighted by Crippen LogP contribution is -2.36. The monoisotopic (exact) mass is 267 g/mol. The van der Waals surface area contributed by atoms with Crippen molar-refractivity contribution in [2.75, 3.05) is 0 Å². The van der Waals surface area contributed by atoms with Gasteiger partial charge in [0.15, 0.2) is 0 Å². The molecule has 0 aliphatic heterocycles. The van der Waals surface area contributed by atoms with Crippen molar-refractivity contribution in [3.8, 4) is 0 Å². The van der Waals surface area contributed by atoms with Gasteiger partial charge in [-0.05, 0) is 19.3 Å². The molecule has 7 nitrogen and oxygen atoms in total. The smallest absolute Gasteiger partial charge is 0.325 e. The van der Waals surface area contributed by atoms with Gasteiger partial charge in [-0.15, -0.1) is 0 Å². The molecule has 2 rings (SSSR count). The first-order valence-corrected chi connectivity index (χ1v) is 6.33. The number of hydrogen-bond acceptors (Lipinski definition) is 4. The van der Waals surface area contributed by atoms with Gasteiger partial charge in [-0.1, -0.05) is 6.42 Å². The predicted molar refractivity (Wildman–Crippen MR) is 67.5 cm³/mol. The van der Waals surface area contributed by atoms with E-state index < -0.39 is 17.4 Å². The molecule has 1 aliphatic carbocycles. The minimum atomic E-state index is -0.574. The number of nitrogens with one attached hydrogen (secondary N) is 3. The molecule has 19 heavy (non-hydrogen) atoms. The van der Waals surface area contributed by atoms with Crippen molar-refractivity contribution in [2.45, 2.75) is 38.3 Å². The van der Waals surface area contributed by atoms with Gasteiger partial charge in [-0.25, -0.2) is 4.79 Å². The molecule has 1 aromatic heterocycles. The van der Waals surface area contributed by atoms with E-state index in [9.17, 15) is 19.5 Å². The van der Waals surface area contributed by atoms with Crippen molar-refractivity contribution >= 4 is 5.91 Å². The fraction of sp³-hybridized carbons (Fsp3) is 0.583. The number of rotatable bonds is 3. The van der Waals surface area contributed by atoms with Crippen LogP contribution >= 0.6 is 0 Å². The Balaban J connectivity index is 1.93. The van der Waals surface area contributed by atoms with E-state index in [4.69, 9.17) is 0 Å². The summed E-state index contributed by atoms with van der Waals surface area (Å²) in [5.74, 6) is -0.366. The second-order valence-corrected chi connectivity index (χ2v) is 4.83. The van der Waals surface area contributed by atoms with Gasteiger partial charge in [0.05, 0.1) is 11.7 Å². The van der Waals surface area contributed by atoms with E-state index >= 15 is 0 Å². The maximum atomic E-state index is 11.9. The number of H-pyrrole nitrogens is 2. The maximum Gasteiger partial charge on any atom is 0.325 e. The lowest BCUT2D eigenvalue weighted by atomic mass is 9.86. The summed E-state index contributed by atoms with van der Waals surface area (Å²) >= 11 is 0. The Kier molecular flexibility index (Phi) is 4.16. The number of carbonyl (C=O) groups excluding carboxylic acids is 1. The highest BCUT2D eigenvalue weighted by Gasteiger charge is 2.25. The van der Waals surface area contributed by atoms with Crippen molar-refractivity contribution in [1.82, 2.24) is 15.3 Å². The van der Waals surface area contributed by atoms with Crippen LogP contribution in [0.5, 0.6) is 0 Å². The Hall–Kier alpha value is -1.89. The number of amides is 1. The fourth-order valence-corrected chi connectivity index (χ4v) is 2.30. The van der Waals surface area contributed by atoms with Gasteiger partial charge in [-0.2, -0.15) is 0 Å². The van der Waals surface area contributed by atoms with Crippen molar-refractivity contribution in [1.29, 1.82) is 0 Å². The number of aliphatic hydroxyl groups is 1. The highest BCUT2D eigenvalue weighted by atomic mass is 16.3. The summed E-state index contributed by atoms with van der Waals surface area (Å²) < 4.78 is 0. The molecule has 1 aliphatic rings. The maximum absolute atomic E-state index is 11.9. The highest BCUT2D eigenvalue weighted by Crippen LogP contribution is 2.24. The third kappa shape index (κ3) is 3.54. The number of aliphatic hydroxyl groups excluding tert-OH is 1. The molecule has 0 radical (unpaired) electrons. The van der Waals surface area contributed by atoms with Crippen LogP contribution in [0.1, 0.15) is 31.2 Å². The van der Waals surface area contributed by atoms with E-state index in [2.05, 4.69) is 15.3 Å². The average molecular weight is 267 g/mol. The largest absolute Gasteiger partial charge is 0.393 e. The zero-order valence-corrected chi connectivity index (χ0v) is 10.4. The topological polar surface area (TPSA) is 115 Å². The third-order valence-electron chi connectivity index (χ3n) is 3.37. The van der Waals surface area contributed by atoms with Gasteiger partial charge in [0, 0.05) is 18.7 Å². The Morgan fingerprint density at radius 1 is 1.42 bits per heavy atom. The van der Waals surface area contributed by atoms with Gasteiger partial charge in [0.1, 0.15) is 0 Å². The molecule has 0 saturated heterocycles. The second-order valence-electron chi connectivity index (χ2n) is 4.83. The van der Waals surface area contributed by atoms with Gasteiger partial charge in [0.2, 0.25) is 5.91 Å². The van der Waals surface area contributed by atoms with E-state index in [1.807, 2.05) is 0 Å². The van der Waals surface area contributed by atoms with Crippen LogP contribution in [0.2, 0.25) is 0 Å². The normalized spacial score (nSPS) is 23.0. The molecule has 1 heterocycles. The molecule has 1 aromatic rings. The van der Waals surface area contributed by atoms with Crippen molar-refractivity contribution < 1.29 is 9.90 Å². The molecule has 0 spiro atoms. The zero-order chi connectivity index (χ0) is 13.8. The summed E-state index contributed by atoms with van der Waals surface area (Å²) in [6.45, 7) is 0.0670. The molecule has 0 aromatic carbocycles. The minimum Gasteiger partial charge on any atom is -0.393 e. The summed E-state index contributed by atoms with van der Waals surface area (Å²) in [6.07, 6.45) is 3.67. The van der Waals surface area contributed by atoms with Crippen LogP contribution in [0.3, 0.4) is 0 Å². The molecule has 2 atom stereocenters. The van der Waals surface area contributed by atoms with Crippen LogP contribution in [0.4, 0.5) is 0 Å². The highest BCUT2D eigenvalue weighted by molar-refractivity contribution is 5.78. The molecule has 1 amide bonds. The van der Waals surface area contributed by atoms with Crippen molar-refractivity contribution in [3.63, 3.8) is 0 Å². The first kappa shape index (κ1) is 13.5. The van der Waals surface area contributed by atoms with Gasteiger partial charge >= 0.3 is 5.69 Å². The summed E-state index contributed by atoms with van der Waals surface area (Å²) in [5.41, 5.74) is -0.785. The number of aromatic amines is 2. The first-order valence-electron chi connectivity index (χ1n) is 6.33. The summed E-state index contributed by atoms with van der Waals surface area (Å²) in [5, 5.41) is 12.2. The van der Waals surface area contributed by atoms with Crippen LogP contribution in [-0.4, -0.2) is 27.1 Å². The van der Waals surface area contributed by atoms with E-state index in [1.165, 1.54) is 6.20 Å². The lowest BCUT2D eigenvalue weighted by Gasteiger charge is -2.24. The van der Waals surface area contributed by atoms with E-state index in [1.54, 1.807) is 0 Å². The Bertz CT molecular complexity index is 563. The summed E-state index contributed by atoms with van der Waals surface area (Å²) in [7, 11) is 0. The summed E-state index contributed by atoms with van der Waals surface area (Å²) in [6, 6.07) is 0. The lowest BCUT2D eigenvalue weighted by molar-refractivity contribution is -0.127. The van der Waals surface area contributed by atoms with Gasteiger partial charge in [-0.3, -0.25) is 14.6 Å². The zero-order valence-electron chi connectivity index (χ0n) is 10.4. The van der Waals surface area contributed by atoms with E-state index in [-0.39, 0.29) is 18.4 Å². The van der Waals surface area contributed by atoms with Gasteiger partial charge in [0.25, 0.3) is 5.56 Å². The van der Waals surface area contributed by atoms with Crippen LogP contribution in [0.25, 0.3) is 0 Å².